The fourth-order valence-electron chi connectivity index (χ4n) is 1.96. The van der Waals surface area contributed by atoms with Crippen LogP contribution in [0.4, 0.5) is 0 Å². The molecule has 1 aliphatic heterocycles. The van der Waals surface area contributed by atoms with E-state index in [1.807, 2.05) is 39.0 Å². The lowest BCUT2D eigenvalue weighted by atomic mass is 9.96. The van der Waals surface area contributed by atoms with Crippen molar-refractivity contribution < 1.29 is 19.1 Å². The maximum absolute atomic E-state index is 12.1. The summed E-state index contributed by atoms with van der Waals surface area (Å²) in [6, 6.07) is 5.59. The van der Waals surface area contributed by atoms with E-state index in [0.717, 1.165) is 11.3 Å². The van der Waals surface area contributed by atoms with Crippen LogP contribution in [0.15, 0.2) is 18.2 Å². The van der Waals surface area contributed by atoms with E-state index in [-0.39, 0.29) is 25.2 Å². The third kappa shape index (κ3) is 3.90. The van der Waals surface area contributed by atoms with Crippen LogP contribution in [0.1, 0.15) is 26.3 Å². The molecule has 22 heavy (non-hydrogen) atoms. The predicted octanol–water partition coefficient (Wildman–Crippen LogP) is 1.54. The van der Waals surface area contributed by atoms with Gasteiger partial charge < -0.3 is 19.7 Å². The van der Waals surface area contributed by atoms with Crippen LogP contribution in [0.5, 0.6) is 11.5 Å². The second-order valence-electron chi connectivity index (χ2n) is 6.37. The molecule has 2 rings (SSSR count). The molecular formula is C16H22N2O4. The van der Waals surface area contributed by atoms with Gasteiger partial charge >= 0.3 is 0 Å². The van der Waals surface area contributed by atoms with Crippen molar-refractivity contribution >= 4 is 11.8 Å². The number of benzene rings is 1. The lowest BCUT2D eigenvalue weighted by Crippen LogP contribution is -2.42. The largest absolute Gasteiger partial charge is 0.454 e. The number of rotatable bonds is 4. The standard InChI is InChI=1S/C16H22N2O4/c1-16(2,3)15(20)17-8-14(19)18(4)9-11-5-6-12-13(7-11)22-10-21-12/h5-7H,8-10H2,1-4H3,(H,17,20). The summed E-state index contributed by atoms with van der Waals surface area (Å²) in [7, 11) is 1.70. The molecule has 1 aromatic rings. The van der Waals surface area contributed by atoms with E-state index in [1.54, 1.807) is 11.9 Å². The monoisotopic (exact) mass is 306 g/mol. The molecule has 6 nitrogen and oxygen atoms in total. The Kier molecular flexibility index (Phi) is 4.59. The Bertz CT molecular complexity index is 578. The van der Waals surface area contributed by atoms with Crippen LogP contribution in [0.3, 0.4) is 0 Å². The van der Waals surface area contributed by atoms with Gasteiger partial charge in [0.25, 0.3) is 0 Å². The van der Waals surface area contributed by atoms with Crippen molar-refractivity contribution in [2.75, 3.05) is 20.4 Å². The summed E-state index contributed by atoms with van der Waals surface area (Å²) in [5.74, 6) is 1.13. The molecule has 1 heterocycles. The number of ether oxygens (including phenoxy) is 2. The lowest BCUT2D eigenvalue weighted by molar-refractivity contribution is -0.134. The van der Waals surface area contributed by atoms with Crippen LogP contribution in [-0.4, -0.2) is 37.1 Å². The molecule has 0 saturated heterocycles. The molecule has 2 amide bonds. The summed E-state index contributed by atoms with van der Waals surface area (Å²) in [6.45, 7) is 6.10. The molecule has 1 aliphatic rings. The van der Waals surface area contributed by atoms with Crippen molar-refractivity contribution in [2.24, 2.45) is 5.41 Å². The average Bonchev–Trinajstić information content (AvgIpc) is 2.90. The van der Waals surface area contributed by atoms with Crippen molar-refractivity contribution in [1.82, 2.24) is 10.2 Å². The molecule has 0 radical (unpaired) electrons. The molecule has 0 aromatic heterocycles. The van der Waals surface area contributed by atoms with Gasteiger partial charge in [0.15, 0.2) is 11.5 Å². The van der Waals surface area contributed by atoms with Gasteiger partial charge in [0.1, 0.15) is 0 Å². The fourth-order valence-corrected chi connectivity index (χ4v) is 1.96. The molecule has 0 spiro atoms. The van der Waals surface area contributed by atoms with Crippen LogP contribution >= 0.6 is 0 Å². The molecule has 6 heteroatoms. The number of carbonyl (C=O) groups is 2. The quantitative estimate of drug-likeness (QED) is 0.916. The predicted molar refractivity (Wildman–Crippen MR) is 81.5 cm³/mol. The highest BCUT2D eigenvalue weighted by Gasteiger charge is 2.22. The van der Waals surface area contributed by atoms with Crippen LogP contribution in [0, 0.1) is 5.41 Å². The molecule has 1 aromatic carbocycles. The molecule has 0 unspecified atom stereocenters. The van der Waals surface area contributed by atoms with E-state index < -0.39 is 5.41 Å². The Hall–Kier alpha value is -2.24. The second kappa shape index (κ2) is 6.25. The first-order valence-corrected chi connectivity index (χ1v) is 7.18. The van der Waals surface area contributed by atoms with Gasteiger partial charge in [-0.25, -0.2) is 0 Å². The first-order chi connectivity index (χ1) is 10.3. The molecule has 1 N–H and O–H groups in total. The maximum Gasteiger partial charge on any atom is 0.242 e. The van der Waals surface area contributed by atoms with E-state index in [9.17, 15) is 9.59 Å². The zero-order chi connectivity index (χ0) is 16.3. The van der Waals surface area contributed by atoms with Gasteiger partial charge in [-0.2, -0.15) is 0 Å². The highest BCUT2D eigenvalue weighted by molar-refractivity contribution is 5.87. The molecule has 120 valence electrons. The van der Waals surface area contributed by atoms with Crippen molar-refractivity contribution in [3.05, 3.63) is 23.8 Å². The van der Waals surface area contributed by atoms with Crippen molar-refractivity contribution in [3.8, 4) is 11.5 Å². The highest BCUT2D eigenvalue weighted by Crippen LogP contribution is 2.32. The zero-order valence-corrected chi connectivity index (χ0v) is 13.4. The van der Waals surface area contributed by atoms with Crippen LogP contribution in [-0.2, 0) is 16.1 Å². The Morgan fingerprint density at radius 2 is 1.91 bits per heavy atom. The molecule has 0 saturated carbocycles. The second-order valence-corrected chi connectivity index (χ2v) is 6.37. The van der Waals surface area contributed by atoms with Crippen LogP contribution < -0.4 is 14.8 Å². The number of nitrogens with zero attached hydrogens (tertiary/aromatic N) is 1. The topological polar surface area (TPSA) is 67.9 Å². The minimum Gasteiger partial charge on any atom is -0.454 e. The Morgan fingerprint density at radius 3 is 2.59 bits per heavy atom. The van der Waals surface area contributed by atoms with Crippen LogP contribution in [0.2, 0.25) is 0 Å². The molecular weight excluding hydrogens is 284 g/mol. The van der Waals surface area contributed by atoms with Gasteiger partial charge in [0.05, 0.1) is 6.54 Å². The molecule has 0 fully saturated rings. The van der Waals surface area contributed by atoms with Gasteiger partial charge in [-0.3, -0.25) is 9.59 Å². The summed E-state index contributed by atoms with van der Waals surface area (Å²) in [6.07, 6.45) is 0. The number of fused-ring (bicyclic) bond motifs is 1. The number of likely N-dealkylation sites (N-methyl/N-ethyl adjacent to an activating group) is 1. The summed E-state index contributed by atoms with van der Waals surface area (Å²) < 4.78 is 10.6. The van der Waals surface area contributed by atoms with E-state index in [2.05, 4.69) is 5.32 Å². The third-order valence-corrected chi connectivity index (χ3v) is 3.36. The minimum atomic E-state index is -0.504. The first kappa shape index (κ1) is 16.1. The van der Waals surface area contributed by atoms with Crippen molar-refractivity contribution in [1.29, 1.82) is 0 Å². The summed E-state index contributed by atoms with van der Waals surface area (Å²) in [5, 5.41) is 2.66. The highest BCUT2D eigenvalue weighted by atomic mass is 16.7. The molecule has 0 atom stereocenters. The molecule has 0 bridgehead atoms. The SMILES string of the molecule is CN(Cc1ccc2c(c1)OCO2)C(=O)CNC(=O)C(C)(C)C. The summed E-state index contributed by atoms with van der Waals surface area (Å²) in [5.41, 5.74) is 0.443. The minimum absolute atomic E-state index is 0.00282. The fraction of sp³-hybridized carbons (Fsp3) is 0.500. The zero-order valence-electron chi connectivity index (χ0n) is 13.4. The van der Waals surface area contributed by atoms with Gasteiger partial charge in [-0.15, -0.1) is 0 Å². The number of nitrogens with one attached hydrogen (secondary N) is 1. The number of hydrogen-bond acceptors (Lipinski definition) is 4. The number of hydrogen-bond donors (Lipinski definition) is 1. The smallest absolute Gasteiger partial charge is 0.242 e. The van der Waals surface area contributed by atoms with E-state index in [4.69, 9.17) is 9.47 Å². The number of amides is 2. The maximum atomic E-state index is 12.1. The van der Waals surface area contributed by atoms with Crippen molar-refractivity contribution in [3.63, 3.8) is 0 Å². The van der Waals surface area contributed by atoms with Gasteiger partial charge in [0, 0.05) is 19.0 Å². The van der Waals surface area contributed by atoms with E-state index >= 15 is 0 Å². The van der Waals surface area contributed by atoms with Gasteiger partial charge in [-0.1, -0.05) is 26.8 Å². The number of carbonyl (C=O) groups excluding carboxylic acids is 2. The summed E-state index contributed by atoms with van der Waals surface area (Å²) in [4.78, 5) is 25.4. The third-order valence-electron chi connectivity index (χ3n) is 3.36. The first-order valence-electron chi connectivity index (χ1n) is 7.18. The lowest BCUT2D eigenvalue weighted by Gasteiger charge is -2.21. The van der Waals surface area contributed by atoms with E-state index in [1.165, 1.54) is 0 Å². The summed E-state index contributed by atoms with van der Waals surface area (Å²) >= 11 is 0. The van der Waals surface area contributed by atoms with Gasteiger partial charge in [-0.05, 0) is 17.7 Å². The van der Waals surface area contributed by atoms with Crippen LogP contribution in [0.25, 0.3) is 0 Å². The Labute approximate surface area is 130 Å². The van der Waals surface area contributed by atoms with Crippen molar-refractivity contribution in [2.45, 2.75) is 27.3 Å². The van der Waals surface area contributed by atoms with Gasteiger partial charge in [0.2, 0.25) is 18.6 Å². The normalized spacial score (nSPS) is 12.9. The Balaban J connectivity index is 1.87. The van der Waals surface area contributed by atoms with E-state index in [0.29, 0.717) is 12.3 Å². The average molecular weight is 306 g/mol. The molecule has 0 aliphatic carbocycles. The Morgan fingerprint density at radius 1 is 1.23 bits per heavy atom.